The Bertz CT molecular complexity index is 1070. The minimum atomic E-state index is -1.51. The molecule has 0 saturated carbocycles. The van der Waals surface area contributed by atoms with Crippen molar-refractivity contribution in [3.63, 3.8) is 0 Å². The predicted molar refractivity (Wildman–Crippen MR) is 149 cm³/mol. The van der Waals surface area contributed by atoms with E-state index in [2.05, 4.69) is 10.2 Å². The fourth-order valence-electron chi connectivity index (χ4n) is 5.05. The number of hydrogen-bond acceptors (Lipinski definition) is 12. The van der Waals surface area contributed by atoms with Crippen LogP contribution in [-0.2, 0) is 17.6 Å². The Balaban J connectivity index is 1.29. The summed E-state index contributed by atoms with van der Waals surface area (Å²) >= 11 is 0. The SMILES string of the molecule is OC[C@H]1O[C@@H](Oc2cccc3c2N(CCc2ccc(OCCCNC(CO)(CO)CO)cc2)CC3)[C@H](O)[C@@H](O)[C@@H]1O. The molecule has 1 saturated heterocycles. The normalized spacial score (nSPS) is 24.4. The Morgan fingerprint density at radius 2 is 1.66 bits per heavy atom. The minimum Gasteiger partial charge on any atom is -0.494 e. The molecule has 0 radical (unpaired) electrons. The van der Waals surface area contributed by atoms with Gasteiger partial charge in [0.2, 0.25) is 6.29 Å². The molecule has 2 aromatic carbocycles. The first kappa shape index (κ1) is 31.4. The summed E-state index contributed by atoms with van der Waals surface area (Å²) in [7, 11) is 0. The van der Waals surface area contributed by atoms with Crippen LogP contribution in [0.3, 0.4) is 0 Å². The monoisotopic (exact) mass is 578 g/mol. The number of anilines is 1. The highest BCUT2D eigenvalue weighted by molar-refractivity contribution is 5.67. The summed E-state index contributed by atoms with van der Waals surface area (Å²) in [6.45, 7) is 0.810. The average Bonchev–Trinajstić information content (AvgIpc) is 3.43. The van der Waals surface area contributed by atoms with E-state index in [0.29, 0.717) is 25.3 Å². The molecule has 0 spiro atoms. The molecule has 41 heavy (non-hydrogen) atoms. The van der Waals surface area contributed by atoms with Crippen molar-refractivity contribution in [3.8, 4) is 11.5 Å². The Morgan fingerprint density at radius 3 is 2.34 bits per heavy atom. The molecule has 4 rings (SSSR count). The van der Waals surface area contributed by atoms with Crippen molar-refractivity contribution in [1.29, 1.82) is 0 Å². The van der Waals surface area contributed by atoms with Crippen LogP contribution in [0.5, 0.6) is 11.5 Å². The van der Waals surface area contributed by atoms with Gasteiger partial charge in [-0.2, -0.15) is 0 Å². The molecule has 0 bridgehead atoms. The Hall–Kier alpha value is -2.52. The molecule has 228 valence electrons. The lowest BCUT2D eigenvalue weighted by molar-refractivity contribution is -0.277. The van der Waals surface area contributed by atoms with Gasteiger partial charge in [-0.05, 0) is 55.1 Å². The second-order valence-corrected chi connectivity index (χ2v) is 10.6. The third kappa shape index (κ3) is 7.47. The van der Waals surface area contributed by atoms with E-state index in [9.17, 15) is 35.7 Å². The number of hydrogen-bond donors (Lipinski definition) is 8. The molecule has 0 aromatic heterocycles. The van der Waals surface area contributed by atoms with E-state index in [4.69, 9.17) is 14.2 Å². The fourth-order valence-corrected chi connectivity index (χ4v) is 5.05. The molecular formula is C29H42N2O10. The molecule has 2 heterocycles. The van der Waals surface area contributed by atoms with E-state index >= 15 is 0 Å². The van der Waals surface area contributed by atoms with Crippen LogP contribution in [0.4, 0.5) is 5.69 Å². The molecule has 5 atom stereocenters. The quantitative estimate of drug-likeness (QED) is 0.115. The lowest BCUT2D eigenvalue weighted by Crippen LogP contribution is -2.60. The first-order valence-electron chi connectivity index (χ1n) is 14.0. The lowest BCUT2D eigenvalue weighted by atomic mass is 9.99. The number of aliphatic hydroxyl groups is 7. The molecule has 8 N–H and O–H groups in total. The summed E-state index contributed by atoms with van der Waals surface area (Å²) < 4.78 is 17.3. The van der Waals surface area contributed by atoms with E-state index in [-0.39, 0.29) is 19.8 Å². The number of aliphatic hydroxyl groups excluding tert-OH is 7. The van der Waals surface area contributed by atoms with Gasteiger partial charge >= 0.3 is 0 Å². The number of benzene rings is 2. The fraction of sp³-hybridized carbons (Fsp3) is 0.586. The van der Waals surface area contributed by atoms with Gasteiger partial charge in [0.25, 0.3) is 0 Å². The van der Waals surface area contributed by atoms with E-state index in [1.807, 2.05) is 36.4 Å². The lowest BCUT2D eigenvalue weighted by Gasteiger charge is -2.40. The molecule has 2 aliphatic heterocycles. The van der Waals surface area contributed by atoms with E-state index in [1.165, 1.54) is 0 Å². The van der Waals surface area contributed by atoms with Crippen molar-refractivity contribution >= 4 is 5.69 Å². The summed E-state index contributed by atoms with van der Waals surface area (Å²) in [6, 6.07) is 13.5. The number of nitrogens with one attached hydrogen (secondary N) is 1. The van der Waals surface area contributed by atoms with E-state index < -0.39 is 42.9 Å². The average molecular weight is 579 g/mol. The summed E-state index contributed by atoms with van der Waals surface area (Å²) in [5.41, 5.74) is 2.02. The standard InChI is InChI=1S/C29H42N2O10/c32-15-23-25(36)26(37)27(38)28(41-23)40-22-4-1-3-20-10-13-31(24(20)22)12-9-19-5-7-21(8-6-19)39-14-2-11-30-29(16-33,17-34)18-35/h1,3-8,23,25-28,30,32-38H,2,9-18H2/t23-,25-,26+,27-,28-/m1/s1. The maximum absolute atomic E-state index is 10.4. The molecule has 1 fully saturated rings. The van der Waals surface area contributed by atoms with Crippen molar-refractivity contribution in [3.05, 3.63) is 53.6 Å². The van der Waals surface area contributed by atoms with Crippen LogP contribution < -0.4 is 19.7 Å². The van der Waals surface area contributed by atoms with E-state index in [0.717, 1.165) is 48.5 Å². The van der Waals surface area contributed by atoms with Gasteiger partial charge in [-0.1, -0.05) is 24.3 Å². The zero-order chi connectivity index (χ0) is 29.4. The summed E-state index contributed by atoms with van der Waals surface area (Å²) in [4.78, 5) is 2.21. The predicted octanol–water partition coefficient (Wildman–Crippen LogP) is -1.46. The molecule has 2 aromatic rings. The first-order valence-corrected chi connectivity index (χ1v) is 14.0. The zero-order valence-electron chi connectivity index (χ0n) is 23.0. The maximum Gasteiger partial charge on any atom is 0.229 e. The highest BCUT2D eigenvalue weighted by Crippen LogP contribution is 2.39. The molecule has 0 aliphatic carbocycles. The van der Waals surface area contributed by atoms with Crippen LogP contribution in [0.2, 0.25) is 0 Å². The number of nitrogens with zero attached hydrogens (tertiary/aromatic N) is 1. The van der Waals surface area contributed by atoms with Crippen LogP contribution in [0, 0.1) is 0 Å². The van der Waals surface area contributed by atoms with Crippen molar-refractivity contribution in [2.24, 2.45) is 0 Å². The molecule has 12 heteroatoms. The van der Waals surface area contributed by atoms with Crippen LogP contribution >= 0.6 is 0 Å². The molecule has 0 unspecified atom stereocenters. The molecule has 0 amide bonds. The van der Waals surface area contributed by atoms with Gasteiger partial charge in [0.05, 0.1) is 44.3 Å². The maximum atomic E-state index is 10.4. The largest absolute Gasteiger partial charge is 0.494 e. The van der Waals surface area contributed by atoms with Crippen LogP contribution in [-0.4, -0.2) is 125 Å². The number of ether oxygens (including phenoxy) is 3. The van der Waals surface area contributed by atoms with Crippen LogP contribution in [0.25, 0.3) is 0 Å². The van der Waals surface area contributed by atoms with Gasteiger partial charge in [-0.15, -0.1) is 0 Å². The third-order valence-electron chi connectivity index (χ3n) is 7.73. The Labute approximate surface area is 239 Å². The molecular weight excluding hydrogens is 536 g/mol. The van der Waals surface area contributed by atoms with Gasteiger partial charge in [-0.25, -0.2) is 0 Å². The van der Waals surface area contributed by atoms with Crippen molar-refractivity contribution in [2.75, 3.05) is 57.6 Å². The summed E-state index contributed by atoms with van der Waals surface area (Å²) in [6.07, 6.45) is -4.50. The minimum absolute atomic E-state index is 0.363. The summed E-state index contributed by atoms with van der Waals surface area (Å²) in [5.74, 6) is 1.23. The smallest absolute Gasteiger partial charge is 0.229 e. The Morgan fingerprint density at radius 1 is 0.927 bits per heavy atom. The van der Waals surface area contributed by atoms with Crippen LogP contribution in [0.1, 0.15) is 17.5 Å². The zero-order valence-corrected chi connectivity index (χ0v) is 23.0. The number of rotatable bonds is 15. The number of para-hydroxylation sites is 1. The highest BCUT2D eigenvalue weighted by atomic mass is 16.7. The highest BCUT2D eigenvalue weighted by Gasteiger charge is 2.45. The van der Waals surface area contributed by atoms with Gasteiger partial charge in [-0.3, -0.25) is 0 Å². The second kappa shape index (κ2) is 14.6. The first-order chi connectivity index (χ1) is 19.8. The van der Waals surface area contributed by atoms with Crippen molar-refractivity contribution < 1.29 is 50.0 Å². The molecule has 2 aliphatic rings. The van der Waals surface area contributed by atoms with Crippen molar-refractivity contribution in [1.82, 2.24) is 5.32 Å². The van der Waals surface area contributed by atoms with Crippen LogP contribution in [0.15, 0.2) is 42.5 Å². The second-order valence-electron chi connectivity index (χ2n) is 10.6. The van der Waals surface area contributed by atoms with Gasteiger partial charge in [0, 0.05) is 13.1 Å². The topological polar surface area (TPSA) is 185 Å². The summed E-state index contributed by atoms with van der Waals surface area (Å²) in [5, 5.41) is 71.1. The van der Waals surface area contributed by atoms with Crippen molar-refractivity contribution in [2.45, 2.75) is 55.5 Å². The molecule has 12 nitrogen and oxygen atoms in total. The van der Waals surface area contributed by atoms with Gasteiger partial charge in [0.15, 0.2) is 0 Å². The number of fused-ring (bicyclic) bond motifs is 1. The van der Waals surface area contributed by atoms with E-state index in [1.54, 1.807) is 6.07 Å². The van der Waals surface area contributed by atoms with Gasteiger partial charge in [0.1, 0.15) is 35.9 Å². The van der Waals surface area contributed by atoms with Gasteiger partial charge < -0.3 is 60.2 Å². The third-order valence-corrected chi connectivity index (χ3v) is 7.73. The Kier molecular flexibility index (Phi) is 11.2.